The van der Waals surface area contributed by atoms with Crippen LogP contribution in [0.25, 0.3) is 0 Å². The van der Waals surface area contributed by atoms with Gasteiger partial charge in [0, 0.05) is 16.1 Å². The summed E-state index contributed by atoms with van der Waals surface area (Å²) >= 11 is 3.41. The van der Waals surface area contributed by atoms with Crippen molar-refractivity contribution in [3.8, 4) is 29.2 Å². The highest BCUT2D eigenvalue weighted by Gasteiger charge is 2.39. The van der Waals surface area contributed by atoms with Crippen molar-refractivity contribution < 1.29 is 19.0 Å². The fourth-order valence-corrected chi connectivity index (χ4v) is 4.03. The summed E-state index contributed by atoms with van der Waals surface area (Å²) < 4.78 is 17.2. The first-order chi connectivity index (χ1) is 14.3. The second-order valence-corrected chi connectivity index (χ2v) is 7.54. The number of nitrogens with zero attached hydrogens (tertiary/aromatic N) is 2. The first-order valence-electron chi connectivity index (χ1n) is 8.64. The van der Waals surface area contributed by atoms with Crippen LogP contribution in [-0.2, 0) is 0 Å². The molecule has 0 saturated heterocycles. The molecule has 152 valence electrons. The third kappa shape index (κ3) is 2.83. The molecule has 0 bridgehead atoms. The number of nitriles is 1. The summed E-state index contributed by atoms with van der Waals surface area (Å²) in [5.74, 6) is -0.494. The third-order valence-electron chi connectivity index (χ3n) is 4.82. The Morgan fingerprint density at radius 3 is 2.67 bits per heavy atom. The predicted octanol–water partition coefficient (Wildman–Crippen LogP) is 3.14. The van der Waals surface area contributed by atoms with Gasteiger partial charge in [0.25, 0.3) is 0 Å². The number of hydrogen-bond acceptors (Lipinski definition) is 9. The summed E-state index contributed by atoms with van der Waals surface area (Å²) in [5.41, 5.74) is 11.9. The molecule has 0 spiro atoms. The average molecular weight is 471 g/mol. The number of rotatable bonds is 2. The zero-order valence-electron chi connectivity index (χ0n) is 15.8. The fourth-order valence-electron chi connectivity index (χ4n) is 3.57. The van der Waals surface area contributed by atoms with Crippen molar-refractivity contribution in [2.45, 2.75) is 12.8 Å². The Labute approximate surface area is 178 Å². The van der Waals surface area contributed by atoms with E-state index in [1.165, 1.54) is 13.2 Å². The number of aromatic hydroxyl groups is 1. The van der Waals surface area contributed by atoms with Crippen LogP contribution in [0.2, 0.25) is 0 Å². The summed E-state index contributed by atoms with van der Waals surface area (Å²) in [7, 11) is 1.46. The summed E-state index contributed by atoms with van der Waals surface area (Å²) in [6, 6.07) is 6.62. The first-order valence-corrected chi connectivity index (χ1v) is 9.43. The van der Waals surface area contributed by atoms with Gasteiger partial charge in [-0.15, -0.1) is 0 Å². The highest BCUT2D eigenvalue weighted by Crippen LogP contribution is 2.54. The Morgan fingerprint density at radius 2 is 2.03 bits per heavy atom. The Bertz CT molecular complexity index is 1310. The topological polar surface area (TPSA) is 158 Å². The van der Waals surface area contributed by atoms with Gasteiger partial charge in [-0.1, -0.05) is 15.9 Å². The van der Waals surface area contributed by atoms with Gasteiger partial charge >= 0.3 is 5.63 Å². The van der Waals surface area contributed by atoms with Gasteiger partial charge in [0.05, 0.1) is 29.8 Å². The van der Waals surface area contributed by atoms with Gasteiger partial charge in [-0.2, -0.15) is 10.2 Å². The predicted molar refractivity (Wildman–Crippen MR) is 111 cm³/mol. The molecule has 3 heterocycles. The largest absolute Gasteiger partial charge is 0.507 e. The quantitative estimate of drug-likeness (QED) is 0.399. The van der Waals surface area contributed by atoms with E-state index in [-0.39, 0.29) is 51.3 Å². The standard InChI is InChI=1S/C20H15BrN4O5/c1-7-3-11(26)14(20(27)29-7)13-9-4-8(21)5-12(28-2)17(9)30-19-15(13)16(23)10(6-22)18(24)25-19/h3-5,13,26H,1-2H3,(H4,23,24,25). The Morgan fingerprint density at radius 1 is 1.30 bits per heavy atom. The molecule has 0 saturated carbocycles. The van der Waals surface area contributed by atoms with Crippen LogP contribution in [0.15, 0.2) is 31.9 Å². The van der Waals surface area contributed by atoms with Crippen molar-refractivity contribution in [1.82, 2.24) is 4.98 Å². The van der Waals surface area contributed by atoms with Gasteiger partial charge in [-0.05, 0) is 19.1 Å². The maximum atomic E-state index is 12.8. The lowest BCUT2D eigenvalue weighted by molar-refractivity contribution is 0.360. The Kier molecular flexibility index (Phi) is 4.55. The van der Waals surface area contributed by atoms with E-state index in [9.17, 15) is 15.2 Å². The molecule has 2 aromatic heterocycles. The van der Waals surface area contributed by atoms with Crippen molar-refractivity contribution in [2.75, 3.05) is 18.6 Å². The second kappa shape index (κ2) is 6.96. The monoisotopic (exact) mass is 470 g/mol. The summed E-state index contributed by atoms with van der Waals surface area (Å²) in [6.07, 6.45) is 0. The number of nitrogen functional groups attached to an aromatic ring is 2. The molecule has 10 heteroatoms. The van der Waals surface area contributed by atoms with Crippen LogP contribution in [0.4, 0.5) is 11.5 Å². The summed E-state index contributed by atoms with van der Waals surface area (Å²) in [4.78, 5) is 17.0. The van der Waals surface area contributed by atoms with Crippen molar-refractivity contribution in [3.63, 3.8) is 0 Å². The van der Waals surface area contributed by atoms with E-state index >= 15 is 0 Å². The molecule has 9 nitrogen and oxygen atoms in total. The van der Waals surface area contributed by atoms with Gasteiger partial charge in [-0.25, -0.2) is 4.79 Å². The average Bonchev–Trinajstić information content (AvgIpc) is 2.66. The number of hydrogen-bond donors (Lipinski definition) is 3. The number of aryl methyl sites for hydroxylation is 1. The maximum Gasteiger partial charge on any atom is 0.343 e. The van der Waals surface area contributed by atoms with E-state index in [1.807, 2.05) is 6.07 Å². The van der Waals surface area contributed by atoms with Crippen molar-refractivity contribution in [2.24, 2.45) is 0 Å². The number of pyridine rings is 1. The van der Waals surface area contributed by atoms with Crippen LogP contribution in [0.1, 0.15) is 33.9 Å². The number of methoxy groups -OCH3 is 1. The third-order valence-corrected chi connectivity index (χ3v) is 5.28. The molecule has 1 unspecified atom stereocenters. The van der Waals surface area contributed by atoms with E-state index in [0.717, 1.165) is 0 Å². The van der Waals surface area contributed by atoms with Crippen LogP contribution in [0.3, 0.4) is 0 Å². The van der Waals surface area contributed by atoms with Crippen LogP contribution < -0.4 is 26.6 Å². The molecule has 1 aliphatic heterocycles. The molecule has 4 rings (SSSR count). The second-order valence-electron chi connectivity index (χ2n) is 6.62. The van der Waals surface area contributed by atoms with Gasteiger partial charge in [0.15, 0.2) is 11.5 Å². The molecule has 0 fully saturated rings. The number of fused-ring (bicyclic) bond motifs is 2. The number of nitrogens with two attached hydrogens (primary N) is 2. The lowest BCUT2D eigenvalue weighted by Gasteiger charge is -2.30. The fraction of sp³-hybridized carbons (Fsp3) is 0.150. The zero-order chi connectivity index (χ0) is 21.7. The van der Waals surface area contributed by atoms with E-state index < -0.39 is 11.5 Å². The molecule has 30 heavy (non-hydrogen) atoms. The van der Waals surface area contributed by atoms with Crippen LogP contribution >= 0.6 is 15.9 Å². The Hall–Kier alpha value is -3.71. The highest BCUT2D eigenvalue weighted by atomic mass is 79.9. The van der Waals surface area contributed by atoms with E-state index in [0.29, 0.717) is 15.8 Å². The maximum absolute atomic E-state index is 12.8. The lowest BCUT2D eigenvalue weighted by Crippen LogP contribution is -2.22. The minimum atomic E-state index is -0.952. The van der Waals surface area contributed by atoms with E-state index in [4.69, 9.17) is 25.4 Å². The molecule has 1 aliphatic rings. The van der Waals surface area contributed by atoms with Gasteiger partial charge in [0.2, 0.25) is 5.88 Å². The molecule has 5 N–H and O–H groups in total. The summed E-state index contributed by atoms with van der Waals surface area (Å²) in [5, 5.41) is 20.1. The zero-order valence-corrected chi connectivity index (χ0v) is 17.4. The molecule has 0 amide bonds. The lowest BCUT2D eigenvalue weighted by atomic mass is 9.82. The number of anilines is 2. The molecule has 0 radical (unpaired) electrons. The number of halogens is 1. The number of ether oxygens (including phenoxy) is 2. The van der Waals surface area contributed by atoms with Gasteiger partial charge < -0.3 is 30.5 Å². The van der Waals surface area contributed by atoms with Crippen molar-refractivity contribution in [1.29, 1.82) is 5.26 Å². The van der Waals surface area contributed by atoms with E-state index in [2.05, 4.69) is 20.9 Å². The smallest absolute Gasteiger partial charge is 0.343 e. The minimum absolute atomic E-state index is 0.00139. The van der Waals surface area contributed by atoms with Gasteiger partial charge in [0.1, 0.15) is 29.0 Å². The number of aromatic nitrogens is 1. The molecule has 3 aromatic rings. The molecule has 1 atom stereocenters. The van der Waals surface area contributed by atoms with Gasteiger partial charge in [-0.3, -0.25) is 0 Å². The SMILES string of the molecule is COc1cc(Br)cc2c1Oc1nc(N)c(C#N)c(N)c1C2c1c(O)cc(C)oc1=O. The van der Waals surface area contributed by atoms with Crippen molar-refractivity contribution >= 4 is 27.4 Å². The molecule has 1 aromatic carbocycles. The Balaban J connectivity index is 2.16. The van der Waals surface area contributed by atoms with Crippen LogP contribution in [0.5, 0.6) is 23.1 Å². The minimum Gasteiger partial charge on any atom is -0.507 e. The normalized spacial score (nSPS) is 14.3. The van der Waals surface area contributed by atoms with Crippen LogP contribution in [0, 0.1) is 18.3 Å². The summed E-state index contributed by atoms with van der Waals surface area (Å²) in [6.45, 7) is 1.54. The highest BCUT2D eigenvalue weighted by molar-refractivity contribution is 9.10. The molecular formula is C20H15BrN4O5. The number of benzene rings is 1. The molecule has 0 aliphatic carbocycles. The van der Waals surface area contributed by atoms with Crippen molar-refractivity contribution in [3.05, 3.63) is 61.1 Å². The molecular weight excluding hydrogens is 456 g/mol. The van der Waals surface area contributed by atoms with Crippen LogP contribution in [-0.4, -0.2) is 17.2 Å². The van der Waals surface area contributed by atoms with E-state index in [1.54, 1.807) is 19.1 Å². The first kappa shape index (κ1) is 19.6.